The van der Waals surface area contributed by atoms with Crippen LogP contribution in [0.2, 0.25) is 0 Å². The van der Waals surface area contributed by atoms with Gasteiger partial charge in [-0.05, 0) is 59.7 Å². The lowest BCUT2D eigenvalue weighted by Crippen LogP contribution is -2.49. The third-order valence-electron chi connectivity index (χ3n) is 8.97. The van der Waals surface area contributed by atoms with Gasteiger partial charge in [-0.25, -0.2) is 0 Å². The number of anilines is 1. The number of halogens is 3. The highest BCUT2D eigenvalue weighted by Gasteiger charge is 2.44. The van der Waals surface area contributed by atoms with Crippen LogP contribution in [0.5, 0.6) is 0 Å². The van der Waals surface area contributed by atoms with Crippen molar-refractivity contribution in [2.45, 2.75) is 50.0 Å². The number of hydrogen-bond acceptors (Lipinski definition) is 6. The van der Waals surface area contributed by atoms with Gasteiger partial charge in [0, 0.05) is 49.8 Å². The van der Waals surface area contributed by atoms with Crippen LogP contribution >= 0.6 is 0 Å². The maximum Gasteiger partial charge on any atom is 0.416 e. The first-order valence-corrected chi connectivity index (χ1v) is 14.1. The number of alkyl halides is 3. The fourth-order valence-electron chi connectivity index (χ4n) is 6.40. The molecular formula is C30H32F3N5O3. The number of aromatic nitrogens is 3. The van der Waals surface area contributed by atoms with Gasteiger partial charge in [-0.15, -0.1) is 10.2 Å². The van der Waals surface area contributed by atoms with Crippen molar-refractivity contribution in [1.29, 1.82) is 0 Å². The number of aryl methyl sites for hydroxylation is 1. The Labute approximate surface area is 236 Å². The van der Waals surface area contributed by atoms with E-state index in [-0.39, 0.29) is 29.2 Å². The lowest BCUT2D eigenvalue weighted by molar-refractivity contribution is -0.138. The van der Waals surface area contributed by atoms with Crippen molar-refractivity contribution >= 4 is 11.6 Å². The van der Waals surface area contributed by atoms with Crippen LogP contribution in [0.15, 0.2) is 42.7 Å². The number of morpholine rings is 1. The number of ether oxygens (including phenoxy) is 2. The quantitative estimate of drug-likeness (QED) is 0.428. The van der Waals surface area contributed by atoms with E-state index in [9.17, 15) is 18.0 Å². The smallest absolute Gasteiger partial charge is 0.379 e. The van der Waals surface area contributed by atoms with E-state index in [0.29, 0.717) is 63.0 Å². The van der Waals surface area contributed by atoms with E-state index in [4.69, 9.17) is 9.47 Å². The van der Waals surface area contributed by atoms with Crippen LogP contribution in [-0.4, -0.2) is 64.6 Å². The third kappa shape index (κ3) is 4.93. The van der Waals surface area contributed by atoms with Crippen molar-refractivity contribution in [1.82, 2.24) is 19.7 Å². The van der Waals surface area contributed by atoms with Gasteiger partial charge in [0.25, 0.3) is 5.91 Å². The monoisotopic (exact) mass is 567 g/mol. The molecule has 4 aliphatic rings. The first-order valence-electron chi connectivity index (χ1n) is 14.1. The Morgan fingerprint density at radius 2 is 1.98 bits per heavy atom. The van der Waals surface area contributed by atoms with Crippen LogP contribution in [-0.2, 0) is 47.6 Å². The molecule has 41 heavy (non-hydrogen) atoms. The molecule has 3 aromatic rings. The van der Waals surface area contributed by atoms with Gasteiger partial charge in [0.1, 0.15) is 12.2 Å². The predicted octanol–water partition coefficient (Wildman–Crippen LogP) is 4.12. The van der Waals surface area contributed by atoms with Gasteiger partial charge in [0.15, 0.2) is 0 Å². The second-order valence-corrected chi connectivity index (χ2v) is 11.9. The minimum absolute atomic E-state index is 0.0373. The number of nitrogens with zero attached hydrogens (tertiary/aromatic N) is 5. The highest BCUT2D eigenvalue weighted by Crippen LogP contribution is 2.42. The molecule has 7 rings (SSSR count). The summed E-state index contributed by atoms with van der Waals surface area (Å²) in [6.07, 6.45) is 0.124. The largest absolute Gasteiger partial charge is 0.416 e. The molecule has 3 aliphatic heterocycles. The number of amides is 1. The Bertz CT molecular complexity index is 1480. The zero-order valence-corrected chi connectivity index (χ0v) is 22.9. The molecule has 11 heteroatoms. The summed E-state index contributed by atoms with van der Waals surface area (Å²) in [7, 11) is 1.89. The van der Waals surface area contributed by atoms with Crippen LogP contribution in [0.25, 0.3) is 0 Å². The molecule has 1 aromatic heterocycles. The van der Waals surface area contributed by atoms with E-state index >= 15 is 0 Å². The molecule has 0 N–H and O–H groups in total. The Hall–Kier alpha value is -3.28. The molecule has 4 heterocycles. The lowest BCUT2D eigenvalue weighted by atomic mass is 9.75. The van der Waals surface area contributed by atoms with Crippen molar-refractivity contribution in [2.24, 2.45) is 13.0 Å². The van der Waals surface area contributed by atoms with Gasteiger partial charge in [-0.1, -0.05) is 12.1 Å². The topological polar surface area (TPSA) is 72.7 Å². The van der Waals surface area contributed by atoms with E-state index < -0.39 is 17.6 Å². The summed E-state index contributed by atoms with van der Waals surface area (Å²) in [4.78, 5) is 17.3. The van der Waals surface area contributed by atoms with Gasteiger partial charge >= 0.3 is 6.18 Å². The van der Waals surface area contributed by atoms with E-state index in [0.717, 1.165) is 24.2 Å². The summed E-state index contributed by atoms with van der Waals surface area (Å²) in [6.45, 7) is 3.15. The van der Waals surface area contributed by atoms with Crippen molar-refractivity contribution < 1.29 is 27.4 Å². The normalized spacial score (nSPS) is 22.6. The molecule has 1 atom stereocenters. The molecule has 1 aliphatic carbocycles. The number of rotatable bonds is 7. The van der Waals surface area contributed by atoms with Gasteiger partial charge in [0.2, 0.25) is 0 Å². The summed E-state index contributed by atoms with van der Waals surface area (Å²) < 4.78 is 56.3. The van der Waals surface area contributed by atoms with Crippen molar-refractivity contribution in [3.63, 3.8) is 0 Å². The average Bonchev–Trinajstić information content (AvgIpc) is 3.63. The number of hydrogen-bond donors (Lipinski definition) is 0. The highest BCUT2D eigenvalue weighted by atomic mass is 19.4. The first-order chi connectivity index (χ1) is 19.7. The molecule has 1 amide bonds. The fraction of sp³-hybridized carbons (Fsp3) is 0.500. The van der Waals surface area contributed by atoms with Crippen LogP contribution in [0.1, 0.15) is 51.3 Å². The second-order valence-electron chi connectivity index (χ2n) is 11.9. The maximum absolute atomic E-state index is 14.3. The van der Waals surface area contributed by atoms with Crippen molar-refractivity contribution in [3.05, 3.63) is 76.4 Å². The average molecular weight is 568 g/mol. The molecule has 2 aromatic carbocycles. The molecule has 8 nitrogen and oxygen atoms in total. The van der Waals surface area contributed by atoms with Crippen molar-refractivity contribution in [2.75, 3.05) is 37.8 Å². The van der Waals surface area contributed by atoms with E-state index in [1.54, 1.807) is 18.5 Å². The summed E-state index contributed by atoms with van der Waals surface area (Å²) in [5.74, 6) is 0.962. The van der Waals surface area contributed by atoms with Crippen LogP contribution in [0, 0.1) is 5.92 Å². The van der Waals surface area contributed by atoms with Crippen molar-refractivity contribution in [3.8, 4) is 0 Å². The van der Waals surface area contributed by atoms with Crippen LogP contribution < -0.4 is 4.90 Å². The number of fused-ring (bicyclic) bond motifs is 1. The predicted molar refractivity (Wildman–Crippen MR) is 143 cm³/mol. The summed E-state index contributed by atoms with van der Waals surface area (Å²) >= 11 is 0. The minimum Gasteiger partial charge on any atom is -0.379 e. The molecule has 0 radical (unpaired) electrons. The Morgan fingerprint density at radius 1 is 1.15 bits per heavy atom. The summed E-state index contributed by atoms with van der Waals surface area (Å²) in [6, 6.07) is 10.4. The number of benzene rings is 2. The summed E-state index contributed by atoms with van der Waals surface area (Å²) in [5.41, 5.74) is 1.14. The number of carbonyl (C=O) groups is 1. The van der Waals surface area contributed by atoms with E-state index in [1.807, 2.05) is 29.8 Å². The van der Waals surface area contributed by atoms with Crippen LogP contribution in [0.4, 0.5) is 18.9 Å². The molecule has 1 unspecified atom stereocenters. The molecular weight excluding hydrogens is 535 g/mol. The maximum atomic E-state index is 14.3. The molecule has 0 bridgehead atoms. The first kappa shape index (κ1) is 26.6. The van der Waals surface area contributed by atoms with Gasteiger partial charge < -0.3 is 18.9 Å². The van der Waals surface area contributed by atoms with Crippen LogP contribution in [0.3, 0.4) is 0 Å². The highest BCUT2D eigenvalue weighted by molar-refractivity contribution is 6.10. The lowest BCUT2D eigenvalue weighted by Gasteiger charge is -2.42. The van der Waals surface area contributed by atoms with Gasteiger partial charge in [-0.3, -0.25) is 9.69 Å². The Balaban J connectivity index is 1.17. The molecule has 0 spiro atoms. The SMILES string of the molecule is Cn1cnnc1CC1(c2cccc(N3Cc4c(cc(CN5CCOC(C6CC6)C5)cc4C(F)(F)F)C3=O)c2)COC1. The third-order valence-corrected chi connectivity index (χ3v) is 8.97. The van der Waals surface area contributed by atoms with E-state index in [2.05, 4.69) is 15.1 Å². The Morgan fingerprint density at radius 3 is 2.66 bits per heavy atom. The second kappa shape index (κ2) is 9.92. The minimum atomic E-state index is -4.57. The molecule has 1 saturated carbocycles. The summed E-state index contributed by atoms with van der Waals surface area (Å²) in [5, 5.41) is 8.20. The molecule has 216 valence electrons. The fourth-order valence-corrected chi connectivity index (χ4v) is 6.40. The zero-order chi connectivity index (χ0) is 28.4. The zero-order valence-electron chi connectivity index (χ0n) is 22.9. The number of carbonyl (C=O) groups excluding carboxylic acids is 1. The van der Waals surface area contributed by atoms with E-state index in [1.165, 1.54) is 11.0 Å². The van der Waals surface area contributed by atoms with Gasteiger partial charge in [0.05, 0.1) is 38.0 Å². The standard InChI is InChI=1S/C30H32F3N5O3/c1-36-18-34-35-27(36)12-29(16-40-17-29)21-3-2-4-22(11-21)38-14-24-23(28(38)39)9-19(10-25(24)30(31,32)33)13-37-7-8-41-26(15-37)20-5-6-20/h2-4,9-11,18,20,26H,5-8,12-17H2,1H3. The Kier molecular flexibility index (Phi) is 6.44. The molecule has 2 saturated heterocycles. The van der Waals surface area contributed by atoms with Gasteiger partial charge in [-0.2, -0.15) is 13.2 Å². The molecule has 3 fully saturated rings.